The van der Waals surface area contributed by atoms with E-state index >= 15 is 0 Å². The monoisotopic (exact) mass is 527 g/mol. The molecule has 0 bridgehead atoms. The maximum atomic E-state index is 11.8. The van der Waals surface area contributed by atoms with Crippen LogP contribution in [0.2, 0.25) is 0 Å². The van der Waals surface area contributed by atoms with Crippen LogP contribution in [0.1, 0.15) is 32.4 Å². The van der Waals surface area contributed by atoms with Crippen molar-refractivity contribution in [1.82, 2.24) is 20.7 Å². The average molecular weight is 527 g/mol. The summed E-state index contributed by atoms with van der Waals surface area (Å²) < 4.78 is 10.5. The summed E-state index contributed by atoms with van der Waals surface area (Å²) in [6, 6.07) is 12.1. The molecular weight excluding hydrogens is 497 g/mol. The lowest BCUT2D eigenvalue weighted by Gasteiger charge is -2.32. The molecule has 1 aliphatic heterocycles. The number of rotatable bonds is 6. The second-order valence-corrected chi connectivity index (χ2v) is 6.85. The molecule has 1 fully saturated rings. The van der Waals surface area contributed by atoms with Crippen LogP contribution >= 0.6 is 24.0 Å². The van der Waals surface area contributed by atoms with E-state index in [0.717, 1.165) is 42.4 Å². The standard InChI is InChI=1S/C21H29N5O3.HI/c1-3-22-20(24-17-10-12-26(13-11-17)21(27)28-4-2)23-15-18-14-19(29-25-18)16-8-6-5-7-9-16;/h5-9,14,17H,3-4,10-13,15H2,1-2H3,(H2,22,23,24);1H. The van der Waals surface area contributed by atoms with Gasteiger partial charge in [0, 0.05) is 37.3 Å². The van der Waals surface area contributed by atoms with Crippen LogP contribution in [0, 0.1) is 0 Å². The number of aliphatic imine (C=N–C) groups is 1. The lowest BCUT2D eigenvalue weighted by molar-refractivity contribution is 0.0963. The zero-order valence-electron chi connectivity index (χ0n) is 17.5. The van der Waals surface area contributed by atoms with Crippen molar-refractivity contribution in [3.8, 4) is 11.3 Å². The molecule has 1 aliphatic rings. The Bertz CT molecular complexity index is 804. The van der Waals surface area contributed by atoms with E-state index in [1.807, 2.05) is 50.2 Å². The maximum absolute atomic E-state index is 11.8. The van der Waals surface area contributed by atoms with Gasteiger partial charge >= 0.3 is 6.09 Å². The molecule has 3 rings (SSSR count). The highest BCUT2D eigenvalue weighted by Gasteiger charge is 2.24. The van der Waals surface area contributed by atoms with Crippen LogP contribution in [-0.4, -0.2) is 54.4 Å². The van der Waals surface area contributed by atoms with Gasteiger partial charge in [-0.2, -0.15) is 0 Å². The quantitative estimate of drug-likeness (QED) is 0.339. The number of piperidine rings is 1. The second kappa shape index (κ2) is 12.4. The van der Waals surface area contributed by atoms with Crippen LogP contribution in [0.25, 0.3) is 11.3 Å². The number of halogens is 1. The Labute approximate surface area is 194 Å². The summed E-state index contributed by atoms with van der Waals surface area (Å²) in [6.45, 7) is 6.81. The second-order valence-electron chi connectivity index (χ2n) is 6.85. The van der Waals surface area contributed by atoms with Gasteiger partial charge in [0.1, 0.15) is 5.69 Å². The van der Waals surface area contributed by atoms with E-state index in [0.29, 0.717) is 26.2 Å². The van der Waals surface area contributed by atoms with E-state index in [2.05, 4.69) is 20.8 Å². The van der Waals surface area contributed by atoms with Crippen molar-refractivity contribution in [2.45, 2.75) is 39.3 Å². The highest BCUT2D eigenvalue weighted by atomic mass is 127. The molecule has 1 aromatic heterocycles. The van der Waals surface area contributed by atoms with Gasteiger partial charge in [-0.1, -0.05) is 35.5 Å². The van der Waals surface area contributed by atoms with E-state index in [1.165, 1.54) is 0 Å². The van der Waals surface area contributed by atoms with Crippen LogP contribution in [0.5, 0.6) is 0 Å². The first kappa shape index (κ1) is 24.0. The third kappa shape index (κ3) is 6.89. The van der Waals surface area contributed by atoms with Gasteiger partial charge in [-0.15, -0.1) is 24.0 Å². The van der Waals surface area contributed by atoms with Crippen LogP contribution in [0.4, 0.5) is 4.79 Å². The molecule has 0 spiro atoms. The van der Waals surface area contributed by atoms with Crippen molar-refractivity contribution in [2.75, 3.05) is 26.2 Å². The number of hydrogen-bond acceptors (Lipinski definition) is 5. The third-order valence-electron chi connectivity index (χ3n) is 4.72. The lowest BCUT2D eigenvalue weighted by Crippen LogP contribution is -2.49. The van der Waals surface area contributed by atoms with Gasteiger partial charge in [0.05, 0.1) is 13.2 Å². The normalized spacial score (nSPS) is 14.7. The number of carbonyl (C=O) groups excluding carboxylic acids is 1. The van der Waals surface area contributed by atoms with E-state index in [9.17, 15) is 4.79 Å². The Kier molecular flexibility index (Phi) is 9.92. The predicted molar refractivity (Wildman–Crippen MR) is 127 cm³/mol. The fraction of sp³-hybridized carbons (Fsp3) is 0.476. The summed E-state index contributed by atoms with van der Waals surface area (Å²) in [5, 5.41) is 10.8. The Morgan fingerprint density at radius 3 is 2.67 bits per heavy atom. The number of guanidine groups is 1. The van der Waals surface area contributed by atoms with Crippen molar-refractivity contribution in [3.63, 3.8) is 0 Å². The molecule has 2 aromatic rings. The first-order chi connectivity index (χ1) is 14.2. The van der Waals surface area contributed by atoms with Gasteiger partial charge in [0.25, 0.3) is 0 Å². The molecule has 9 heteroatoms. The number of nitrogens with zero attached hydrogens (tertiary/aromatic N) is 3. The zero-order valence-corrected chi connectivity index (χ0v) is 19.8. The number of ether oxygens (including phenoxy) is 1. The van der Waals surface area contributed by atoms with Gasteiger partial charge in [-0.05, 0) is 26.7 Å². The van der Waals surface area contributed by atoms with Crippen molar-refractivity contribution in [1.29, 1.82) is 0 Å². The van der Waals surface area contributed by atoms with E-state index in [-0.39, 0.29) is 36.1 Å². The molecule has 0 saturated carbocycles. The Balaban J connectivity index is 0.00000320. The first-order valence-corrected chi connectivity index (χ1v) is 10.2. The number of likely N-dealkylation sites (tertiary alicyclic amines) is 1. The largest absolute Gasteiger partial charge is 0.450 e. The molecule has 0 unspecified atom stereocenters. The molecule has 2 N–H and O–H groups in total. The van der Waals surface area contributed by atoms with Gasteiger partial charge in [-0.3, -0.25) is 0 Å². The van der Waals surface area contributed by atoms with Crippen LogP contribution < -0.4 is 10.6 Å². The number of amides is 1. The summed E-state index contributed by atoms with van der Waals surface area (Å²) >= 11 is 0. The van der Waals surface area contributed by atoms with Crippen LogP contribution in [0.3, 0.4) is 0 Å². The molecule has 1 aromatic carbocycles. The fourth-order valence-corrected chi connectivity index (χ4v) is 3.22. The lowest BCUT2D eigenvalue weighted by atomic mass is 10.1. The molecule has 0 radical (unpaired) electrons. The molecule has 8 nitrogen and oxygen atoms in total. The minimum atomic E-state index is -0.230. The van der Waals surface area contributed by atoms with Gasteiger partial charge in [-0.25, -0.2) is 9.79 Å². The smallest absolute Gasteiger partial charge is 0.409 e. The van der Waals surface area contributed by atoms with Crippen molar-refractivity contribution >= 4 is 36.0 Å². The van der Waals surface area contributed by atoms with E-state index in [4.69, 9.17) is 9.26 Å². The molecule has 2 heterocycles. The number of benzene rings is 1. The molecule has 30 heavy (non-hydrogen) atoms. The maximum Gasteiger partial charge on any atom is 0.409 e. The highest BCUT2D eigenvalue weighted by molar-refractivity contribution is 14.0. The third-order valence-corrected chi connectivity index (χ3v) is 4.72. The average Bonchev–Trinajstić information content (AvgIpc) is 3.23. The molecule has 164 valence electrons. The van der Waals surface area contributed by atoms with E-state index in [1.54, 1.807) is 4.90 Å². The van der Waals surface area contributed by atoms with Crippen LogP contribution in [-0.2, 0) is 11.3 Å². The predicted octanol–water partition coefficient (Wildman–Crippen LogP) is 3.64. The summed E-state index contributed by atoms with van der Waals surface area (Å²) in [7, 11) is 0. The van der Waals surface area contributed by atoms with Crippen molar-refractivity contribution in [2.24, 2.45) is 4.99 Å². The Morgan fingerprint density at radius 1 is 1.27 bits per heavy atom. The fourth-order valence-electron chi connectivity index (χ4n) is 3.22. The van der Waals surface area contributed by atoms with Gasteiger partial charge < -0.3 is 24.8 Å². The summed E-state index contributed by atoms with van der Waals surface area (Å²) in [5.41, 5.74) is 1.77. The number of hydrogen-bond donors (Lipinski definition) is 2. The first-order valence-electron chi connectivity index (χ1n) is 10.2. The minimum Gasteiger partial charge on any atom is -0.450 e. The van der Waals surface area contributed by atoms with Gasteiger partial charge in [0.2, 0.25) is 0 Å². The summed E-state index contributed by atoms with van der Waals surface area (Å²) in [6.07, 6.45) is 1.48. The zero-order chi connectivity index (χ0) is 20.5. The Hall–Kier alpha value is -2.30. The van der Waals surface area contributed by atoms with E-state index < -0.39 is 0 Å². The van der Waals surface area contributed by atoms with Crippen LogP contribution in [0.15, 0.2) is 45.9 Å². The molecule has 0 aliphatic carbocycles. The summed E-state index contributed by atoms with van der Waals surface area (Å²) in [5.74, 6) is 1.48. The summed E-state index contributed by atoms with van der Waals surface area (Å²) in [4.78, 5) is 18.2. The topological polar surface area (TPSA) is 92.0 Å². The van der Waals surface area contributed by atoms with Crippen molar-refractivity contribution in [3.05, 3.63) is 42.1 Å². The minimum absolute atomic E-state index is 0. The van der Waals surface area contributed by atoms with Gasteiger partial charge in [0.15, 0.2) is 11.7 Å². The SMILES string of the molecule is CCNC(=NCc1cc(-c2ccccc2)on1)NC1CCN(C(=O)OCC)CC1.I. The molecule has 1 amide bonds. The number of nitrogens with one attached hydrogen (secondary N) is 2. The number of aromatic nitrogens is 1. The van der Waals surface area contributed by atoms with Crippen molar-refractivity contribution < 1.29 is 14.1 Å². The highest BCUT2D eigenvalue weighted by Crippen LogP contribution is 2.20. The molecule has 1 saturated heterocycles. The number of carbonyl (C=O) groups is 1. The Morgan fingerprint density at radius 2 is 2.00 bits per heavy atom. The molecular formula is C21H30IN5O3. The molecule has 0 atom stereocenters.